The van der Waals surface area contributed by atoms with Crippen LogP contribution in [0.25, 0.3) is 0 Å². The van der Waals surface area contributed by atoms with Crippen LogP contribution < -0.4 is 5.32 Å². The number of nitrogens with one attached hydrogen (secondary N) is 1. The van der Waals surface area contributed by atoms with Crippen LogP contribution in [-0.2, 0) is 4.79 Å². The molecule has 1 aromatic heterocycles. The first-order valence-corrected chi connectivity index (χ1v) is 5.87. The van der Waals surface area contributed by atoms with Crippen molar-refractivity contribution >= 4 is 27.5 Å². The second-order valence-electron chi connectivity index (χ2n) is 4.13. The Morgan fingerprint density at radius 1 is 1.53 bits per heavy atom. The molecule has 0 bridgehead atoms. The lowest BCUT2D eigenvalue weighted by atomic mass is 9.75. The minimum absolute atomic E-state index is 0.122. The van der Waals surface area contributed by atoms with Crippen LogP contribution in [0.2, 0.25) is 0 Å². The molecule has 0 aliphatic heterocycles. The molecule has 0 unspecified atom stereocenters. The number of nitrogens with zero attached hydrogens (tertiary/aromatic N) is 1. The molecule has 1 aliphatic rings. The largest absolute Gasteiger partial charge is 0.324 e. The van der Waals surface area contributed by atoms with Gasteiger partial charge in [-0.3, -0.25) is 4.79 Å². The predicted molar refractivity (Wildman–Crippen MR) is 62.5 cm³/mol. The first kappa shape index (κ1) is 10.6. The van der Waals surface area contributed by atoms with E-state index >= 15 is 0 Å². The highest BCUT2D eigenvalue weighted by atomic mass is 79.9. The van der Waals surface area contributed by atoms with Crippen LogP contribution >= 0.6 is 15.9 Å². The van der Waals surface area contributed by atoms with E-state index in [1.165, 1.54) is 0 Å². The van der Waals surface area contributed by atoms with Gasteiger partial charge in [-0.05, 0) is 46.8 Å². The molecule has 80 valence electrons. The van der Waals surface area contributed by atoms with Crippen LogP contribution in [0, 0.1) is 11.8 Å². The lowest BCUT2D eigenvalue weighted by molar-refractivity contribution is -0.123. The van der Waals surface area contributed by atoms with Crippen LogP contribution in [0.3, 0.4) is 0 Å². The van der Waals surface area contributed by atoms with Gasteiger partial charge in [0.15, 0.2) is 0 Å². The monoisotopic (exact) mass is 268 g/mol. The van der Waals surface area contributed by atoms with E-state index < -0.39 is 0 Å². The van der Waals surface area contributed by atoms with Crippen LogP contribution in [0.15, 0.2) is 22.9 Å². The molecule has 1 saturated carbocycles. The summed E-state index contributed by atoms with van der Waals surface area (Å²) in [6, 6.07) is 3.66. The summed E-state index contributed by atoms with van der Waals surface area (Å²) < 4.78 is 0.776. The quantitative estimate of drug-likeness (QED) is 0.839. The summed E-state index contributed by atoms with van der Waals surface area (Å²) >= 11 is 3.25. The summed E-state index contributed by atoms with van der Waals surface area (Å²) in [4.78, 5) is 15.7. The SMILES string of the molecule is CC1CC(C(=O)Nc2ccc(Br)nc2)C1. The van der Waals surface area contributed by atoms with Crippen molar-refractivity contribution in [1.29, 1.82) is 0 Å². The highest BCUT2D eigenvalue weighted by Gasteiger charge is 2.31. The number of carbonyl (C=O) groups is 1. The Morgan fingerprint density at radius 2 is 2.27 bits per heavy atom. The van der Waals surface area contributed by atoms with E-state index in [1.807, 2.05) is 12.1 Å². The Bertz CT molecular complexity index is 357. The molecule has 0 radical (unpaired) electrons. The molecule has 1 N–H and O–H groups in total. The second kappa shape index (κ2) is 4.31. The highest BCUT2D eigenvalue weighted by Crippen LogP contribution is 2.33. The fourth-order valence-corrected chi connectivity index (χ4v) is 2.05. The average Bonchev–Trinajstić information content (AvgIpc) is 2.17. The molecule has 1 fully saturated rings. The zero-order valence-corrected chi connectivity index (χ0v) is 10.1. The third-order valence-electron chi connectivity index (χ3n) is 2.74. The van der Waals surface area contributed by atoms with Gasteiger partial charge in [-0.15, -0.1) is 0 Å². The minimum Gasteiger partial charge on any atom is -0.324 e. The van der Waals surface area contributed by atoms with Crippen molar-refractivity contribution in [2.75, 3.05) is 5.32 Å². The summed E-state index contributed by atoms with van der Waals surface area (Å²) in [5.41, 5.74) is 0.766. The van der Waals surface area contributed by atoms with Gasteiger partial charge >= 0.3 is 0 Å². The molecule has 0 saturated heterocycles. The normalized spacial score (nSPS) is 24.4. The van der Waals surface area contributed by atoms with Crippen LogP contribution in [0.5, 0.6) is 0 Å². The van der Waals surface area contributed by atoms with E-state index in [-0.39, 0.29) is 11.8 Å². The molecule has 15 heavy (non-hydrogen) atoms. The first-order valence-electron chi connectivity index (χ1n) is 5.07. The van der Waals surface area contributed by atoms with E-state index in [0.717, 1.165) is 23.1 Å². The summed E-state index contributed by atoms with van der Waals surface area (Å²) in [5, 5.41) is 2.87. The van der Waals surface area contributed by atoms with Gasteiger partial charge in [-0.1, -0.05) is 6.92 Å². The third kappa shape index (κ3) is 2.56. The number of hydrogen-bond donors (Lipinski definition) is 1. The molecule has 4 heteroatoms. The topological polar surface area (TPSA) is 42.0 Å². The number of aromatic nitrogens is 1. The van der Waals surface area contributed by atoms with E-state index in [9.17, 15) is 4.79 Å². The highest BCUT2D eigenvalue weighted by molar-refractivity contribution is 9.10. The summed E-state index contributed by atoms with van der Waals surface area (Å²) in [5.74, 6) is 1.02. The Morgan fingerprint density at radius 3 is 2.80 bits per heavy atom. The molecule has 1 aromatic rings. The summed E-state index contributed by atoms with van der Waals surface area (Å²) in [6.07, 6.45) is 3.68. The van der Waals surface area contributed by atoms with E-state index in [2.05, 4.69) is 33.2 Å². The van der Waals surface area contributed by atoms with Gasteiger partial charge in [0.1, 0.15) is 4.60 Å². The molecular formula is C11H13BrN2O. The second-order valence-corrected chi connectivity index (χ2v) is 4.94. The number of rotatable bonds is 2. The lowest BCUT2D eigenvalue weighted by Gasteiger charge is -2.31. The molecule has 1 heterocycles. The van der Waals surface area contributed by atoms with Gasteiger partial charge in [0, 0.05) is 5.92 Å². The Hall–Kier alpha value is -0.900. The van der Waals surface area contributed by atoms with Crippen LogP contribution in [0.4, 0.5) is 5.69 Å². The van der Waals surface area contributed by atoms with Gasteiger partial charge in [0.2, 0.25) is 5.91 Å². The van der Waals surface area contributed by atoms with Gasteiger partial charge in [0.25, 0.3) is 0 Å². The van der Waals surface area contributed by atoms with Crippen molar-refractivity contribution in [2.24, 2.45) is 11.8 Å². The van der Waals surface area contributed by atoms with Crippen molar-refractivity contribution in [2.45, 2.75) is 19.8 Å². The number of halogens is 1. The molecule has 3 nitrogen and oxygen atoms in total. The van der Waals surface area contributed by atoms with Crippen molar-refractivity contribution < 1.29 is 4.79 Å². The van der Waals surface area contributed by atoms with E-state index in [4.69, 9.17) is 0 Å². The molecular weight excluding hydrogens is 256 g/mol. The van der Waals surface area contributed by atoms with Crippen molar-refractivity contribution in [3.05, 3.63) is 22.9 Å². The maximum Gasteiger partial charge on any atom is 0.227 e. The average molecular weight is 269 g/mol. The van der Waals surface area contributed by atoms with E-state index in [1.54, 1.807) is 6.20 Å². The number of carbonyl (C=O) groups excluding carboxylic acids is 1. The Balaban J connectivity index is 1.91. The predicted octanol–water partition coefficient (Wildman–Crippen LogP) is 2.83. The molecule has 2 rings (SSSR count). The van der Waals surface area contributed by atoms with Crippen molar-refractivity contribution in [1.82, 2.24) is 4.98 Å². The van der Waals surface area contributed by atoms with Gasteiger partial charge in [-0.25, -0.2) is 4.98 Å². The minimum atomic E-state index is 0.122. The molecule has 1 amide bonds. The van der Waals surface area contributed by atoms with Gasteiger partial charge < -0.3 is 5.32 Å². The number of hydrogen-bond acceptors (Lipinski definition) is 2. The van der Waals surface area contributed by atoms with E-state index in [0.29, 0.717) is 5.92 Å². The Kier molecular flexibility index (Phi) is 3.05. The first-order chi connectivity index (χ1) is 7.15. The fourth-order valence-electron chi connectivity index (χ4n) is 1.81. The van der Waals surface area contributed by atoms with Crippen LogP contribution in [-0.4, -0.2) is 10.9 Å². The zero-order chi connectivity index (χ0) is 10.8. The lowest BCUT2D eigenvalue weighted by Crippen LogP contribution is -2.33. The Labute approximate surface area is 97.4 Å². The van der Waals surface area contributed by atoms with Crippen molar-refractivity contribution in [3.63, 3.8) is 0 Å². The zero-order valence-electron chi connectivity index (χ0n) is 8.53. The molecule has 0 spiro atoms. The standard InChI is InChI=1S/C11H13BrN2O/c1-7-4-8(5-7)11(15)14-9-2-3-10(12)13-6-9/h2-3,6-8H,4-5H2,1H3,(H,14,15). The maximum absolute atomic E-state index is 11.7. The number of anilines is 1. The van der Waals surface area contributed by atoms with Gasteiger partial charge in [0.05, 0.1) is 11.9 Å². The smallest absolute Gasteiger partial charge is 0.227 e. The summed E-state index contributed by atoms with van der Waals surface area (Å²) in [6.45, 7) is 2.17. The van der Waals surface area contributed by atoms with Gasteiger partial charge in [-0.2, -0.15) is 0 Å². The number of pyridine rings is 1. The van der Waals surface area contributed by atoms with Crippen LogP contribution in [0.1, 0.15) is 19.8 Å². The third-order valence-corrected chi connectivity index (χ3v) is 3.21. The summed E-state index contributed by atoms with van der Waals surface area (Å²) in [7, 11) is 0. The maximum atomic E-state index is 11.7. The number of amides is 1. The molecule has 1 aliphatic carbocycles. The van der Waals surface area contributed by atoms with Crippen molar-refractivity contribution in [3.8, 4) is 0 Å². The fraction of sp³-hybridized carbons (Fsp3) is 0.455. The molecule has 0 aromatic carbocycles. The molecule has 0 atom stereocenters.